The van der Waals surface area contributed by atoms with Gasteiger partial charge in [-0.05, 0) is 6.42 Å². The smallest absolute Gasteiger partial charge is 0.223 e. The van der Waals surface area contributed by atoms with E-state index in [4.69, 9.17) is 9.84 Å². The van der Waals surface area contributed by atoms with Gasteiger partial charge < -0.3 is 35.2 Å². The zero-order valence-corrected chi connectivity index (χ0v) is 15.0. The minimum atomic E-state index is -1.55. The first-order valence-corrected chi connectivity index (χ1v) is 9.18. The Morgan fingerprint density at radius 3 is 2.24 bits per heavy atom. The molecule has 0 aromatic rings. The summed E-state index contributed by atoms with van der Waals surface area (Å²) in [6.07, 6.45) is 0.783. The summed E-state index contributed by atoms with van der Waals surface area (Å²) in [6, 6.07) is -1.18. The van der Waals surface area contributed by atoms with Crippen molar-refractivity contribution < 1.29 is 35.1 Å². The van der Waals surface area contributed by atoms with Crippen molar-refractivity contribution in [3.05, 3.63) is 0 Å². The van der Waals surface area contributed by atoms with E-state index < -0.39 is 37.3 Å². The van der Waals surface area contributed by atoms with Crippen LogP contribution >= 0.6 is 0 Å². The van der Waals surface area contributed by atoms with Crippen LogP contribution in [-0.2, 0) is 9.53 Å². The highest BCUT2D eigenvalue weighted by Gasteiger charge is 2.47. The standard InChI is InChI=1S/C17H33NO7/c1-2-3-4-5-6-7-8-13(21)18(9-10-19)14-16(23)15(22)12(11-20)25-17(14)24/h12,14-17,19-20,22-24H,2-11H2,1H3/t12-,14-,15-,16-,17?/m1/s1. The van der Waals surface area contributed by atoms with Gasteiger partial charge in [0.15, 0.2) is 6.29 Å². The molecule has 0 aromatic heterocycles. The van der Waals surface area contributed by atoms with Crippen LogP contribution in [0.1, 0.15) is 51.9 Å². The molecule has 1 aliphatic rings. The summed E-state index contributed by atoms with van der Waals surface area (Å²) in [5.74, 6) is -0.314. The maximum atomic E-state index is 12.5. The molecule has 1 unspecified atom stereocenters. The Hall–Kier alpha value is -0.770. The molecule has 0 radical (unpaired) electrons. The SMILES string of the molecule is CCCCCCCCC(=O)N(CCO)[C@H]1C(O)O[C@H](CO)[C@@H](O)[C@@H]1O. The van der Waals surface area contributed by atoms with Crippen LogP contribution in [0.15, 0.2) is 0 Å². The van der Waals surface area contributed by atoms with E-state index in [0.717, 1.165) is 30.6 Å². The average molecular weight is 363 g/mol. The lowest BCUT2D eigenvalue weighted by atomic mass is 9.95. The number of rotatable bonds is 11. The van der Waals surface area contributed by atoms with Crippen molar-refractivity contribution in [2.75, 3.05) is 19.8 Å². The number of carbonyl (C=O) groups excluding carboxylic acids is 1. The third-order valence-corrected chi connectivity index (χ3v) is 4.63. The number of unbranched alkanes of at least 4 members (excludes halogenated alkanes) is 5. The van der Waals surface area contributed by atoms with Gasteiger partial charge in [-0.15, -0.1) is 0 Å². The quantitative estimate of drug-likeness (QED) is 0.309. The average Bonchev–Trinajstić information content (AvgIpc) is 2.60. The Labute approximate surface area is 149 Å². The normalized spacial score (nSPS) is 29.6. The van der Waals surface area contributed by atoms with Gasteiger partial charge in [-0.3, -0.25) is 4.79 Å². The molecule has 1 saturated heterocycles. The summed E-state index contributed by atoms with van der Waals surface area (Å²) in [5.41, 5.74) is 0. The Morgan fingerprint density at radius 1 is 1.00 bits per heavy atom. The second-order valence-electron chi connectivity index (χ2n) is 6.55. The van der Waals surface area contributed by atoms with E-state index in [1.54, 1.807) is 0 Å². The maximum Gasteiger partial charge on any atom is 0.223 e. The molecule has 5 N–H and O–H groups in total. The van der Waals surface area contributed by atoms with E-state index in [-0.39, 0.29) is 25.5 Å². The molecule has 1 rings (SSSR count). The van der Waals surface area contributed by atoms with Gasteiger partial charge in [-0.25, -0.2) is 0 Å². The summed E-state index contributed by atoms with van der Waals surface area (Å²) >= 11 is 0. The van der Waals surface area contributed by atoms with Crippen LogP contribution in [-0.4, -0.2) is 86.7 Å². The van der Waals surface area contributed by atoms with Crippen molar-refractivity contribution in [3.8, 4) is 0 Å². The third kappa shape index (κ3) is 6.47. The fourth-order valence-corrected chi connectivity index (χ4v) is 3.17. The molecule has 5 atom stereocenters. The maximum absolute atomic E-state index is 12.5. The van der Waals surface area contributed by atoms with Crippen LogP contribution in [0.4, 0.5) is 0 Å². The Kier molecular flexibility index (Phi) is 10.5. The van der Waals surface area contributed by atoms with E-state index in [0.29, 0.717) is 6.42 Å². The fraction of sp³-hybridized carbons (Fsp3) is 0.941. The highest BCUT2D eigenvalue weighted by atomic mass is 16.6. The molecule has 25 heavy (non-hydrogen) atoms. The molecule has 1 heterocycles. The number of aliphatic hydroxyl groups excluding tert-OH is 5. The first-order valence-electron chi connectivity index (χ1n) is 9.18. The van der Waals surface area contributed by atoms with E-state index >= 15 is 0 Å². The Morgan fingerprint density at radius 2 is 1.64 bits per heavy atom. The second-order valence-corrected chi connectivity index (χ2v) is 6.55. The van der Waals surface area contributed by atoms with Crippen LogP contribution in [0.25, 0.3) is 0 Å². The van der Waals surface area contributed by atoms with Crippen LogP contribution < -0.4 is 0 Å². The topological polar surface area (TPSA) is 131 Å². The zero-order chi connectivity index (χ0) is 18.8. The number of ether oxygens (including phenoxy) is 1. The minimum absolute atomic E-state index is 0.0761. The van der Waals surface area contributed by atoms with E-state index in [1.807, 2.05) is 0 Å². The minimum Gasteiger partial charge on any atom is -0.395 e. The molecule has 0 aromatic carbocycles. The van der Waals surface area contributed by atoms with Crippen LogP contribution in [0.2, 0.25) is 0 Å². The Bertz CT molecular complexity index is 382. The van der Waals surface area contributed by atoms with Crippen molar-refractivity contribution in [2.24, 2.45) is 0 Å². The van der Waals surface area contributed by atoms with Crippen molar-refractivity contribution in [2.45, 2.75) is 82.5 Å². The number of aliphatic hydroxyl groups is 5. The second kappa shape index (κ2) is 11.8. The van der Waals surface area contributed by atoms with E-state index in [1.165, 1.54) is 6.42 Å². The zero-order valence-electron chi connectivity index (χ0n) is 15.0. The summed E-state index contributed by atoms with van der Waals surface area (Å²) < 4.78 is 5.10. The van der Waals surface area contributed by atoms with Gasteiger partial charge in [0.2, 0.25) is 5.91 Å². The highest BCUT2D eigenvalue weighted by Crippen LogP contribution is 2.25. The van der Waals surface area contributed by atoms with Crippen LogP contribution in [0, 0.1) is 0 Å². The molecule has 1 amide bonds. The molecule has 148 valence electrons. The number of hydrogen-bond acceptors (Lipinski definition) is 7. The summed E-state index contributed by atoms with van der Waals surface area (Å²) in [5, 5.41) is 48.6. The van der Waals surface area contributed by atoms with Gasteiger partial charge in [0, 0.05) is 13.0 Å². The van der Waals surface area contributed by atoms with E-state index in [9.17, 15) is 25.2 Å². The predicted octanol–water partition coefficient (Wildman–Crippen LogP) is -0.642. The van der Waals surface area contributed by atoms with Gasteiger partial charge in [0.1, 0.15) is 24.4 Å². The number of nitrogens with zero attached hydrogens (tertiary/aromatic N) is 1. The molecule has 0 spiro atoms. The van der Waals surface area contributed by atoms with E-state index in [2.05, 4.69) is 6.92 Å². The lowest BCUT2D eigenvalue weighted by Gasteiger charge is -2.45. The van der Waals surface area contributed by atoms with Gasteiger partial charge in [-0.2, -0.15) is 0 Å². The highest BCUT2D eigenvalue weighted by molar-refractivity contribution is 5.76. The molecular weight excluding hydrogens is 330 g/mol. The lowest BCUT2D eigenvalue weighted by Crippen LogP contribution is -2.65. The van der Waals surface area contributed by atoms with Crippen LogP contribution in [0.5, 0.6) is 0 Å². The third-order valence-electron chi connectivity index (χ3n) is 4.63. The summed E-state index contributed by atoms with van der Waals surface area (Å²) in [7, 11) is 0. The molecule has 1 fully saturated rings. The number of hydrogen-bond donors (Lipinski definition) is 5. The fourth-order valence-electron chi connectivity index (χ4n) is 3.17. The first-order chi connectivity index (χ1) is 12.0. The predicted molar refractivity (Wildman–Crippen MR) is 90.6 cm³/mol. The lowest BCUT2D eigenvalue weighted by molar-refractivity contribution is -0.270. The summed E-state index contributed by atoms with van der Waals surface area (Å²) in [6.45, 7) is 1.16. The van der Waals surface area contributed by atoms with Gasteiger partial charge in [0.05, 0.1) is 13.2 Å². The molecule has 8 nitrogen and oxygen atoms in total. The summed E-state index contributed by atoms with van der Waals surface area (Å²) in [4.78, 5) is 13.6. The van der Waals surface area contributed by atoms with Crippen molar-refractivity contribution in [1.82, 2.24) is 4.90 Å². The van der Waals surface area contributed by atoms with Crippen molar-refractivity contribution in [3.63, 3.8) is 0 Å². The van der Waals surface area contributed by atoms with Gasteiger partial charge in [-0.1, -0.05) is 39.0 Å². The molecule has 0 saturated carbocycles. The van der Waals surface area contributed by atoms with Crippen molar-refractivity contribution >= 4 is 5.91 Å². The molecular formula is C17H33NO7. The molecule has 0 bridgehead atoms. The Balaban J connectivity index is 2.63. The van der Waals surface area contributed by atoms with Gasteiger partial charge in [0.25, 0.3) is 0 Å². The number of carbonyl (C=O) groups is 1. The monoisotopic (exact) mass is 363 g/mol. The molecule has 0 aliphatic carbocycles. The largest absolute Gasteiger partial charge is 0.395 e. The van der Waals surface area contributed by atoms with Gasteiger partial charge >= 0.3 is 0 Å². The molecule has 1 aliphatic heterocycles. The number of amides is 1. The van der Waals surface area contributed by atoms with Crippen LogP contribution in [0.3, 0.4) is 0 Å². The first kappa shape index (κ1) is 22.3. The van der Waals surface area contributed by atoms with Crippen molar-refractivity contribution in [1.29, 1.82) is 0 Å². The molecule has 8 heteroatoms.